The molecule has 0 radical (unpaired) electrons. The zero-order chi connectivity index (χ0) is 13.7. The Kier molecular flexibility index (Phi) is 4.81. The van der Waals surface area contributed by atoms with E-state index in [1.54, 1.807) is 0 Å². The first-order valence-corrected chi connectivity index (χ1v) is 7.36. The van der Waals surface area contributed by atoms with Crippen LogP contribution < -0.4 is 10.1 Å². The summed E-state index contributed by atoms with van der Waals surface area (Å²) in [4.78, 5) is 4.44. The number of hydrogen-bond acceptors (Lipinski definition) is 3. The lowest BCUT2D eigenvalue weighted by molar-refractivity contribution is 0.251. The fraction of sp³-hybridized carbons (Fsp3) is 0.688. The van der Waals surface area contributed by atoms with Crippen molar-refractivity contribution in [1.29, 1.82) is 0 Å². The van der Waals surface area contributed by atoms with E-state index in [0.29, 0.717) is 0 Å². The average molecular weight is 262 g/mol. The Morgan fingerprint density at radius 1 is 1.26 bits per heavy atom. The van der Waals surface area contributed by atoms with Gasteiger partial charge >= 0.3 is 0 Å². The zero-order valence-corrected chi connectivity index (χ0v) is 12.4. The molecule has 1 aromatic rings. The Bertz CT molecular complexity index is 375. The molecule has 0 unspecified atom stereocenters. The third-order valence-corrected chi connectivity index (χ3v) is 3.56. The Hall–Kier alpha value is -1.09. The summed E-state index contributed by atoms with van der Waals surface area (Å²) in [6, 6.07) is 4.07. The minimum atomic E-state index is 0.124. The fourth-order valence-corrected chi connectivity index (χ4v) is 2.35. The van der Waals surface area contributed by atoms with E-state index in [0.717, 1.165) is 30.5 Å². The molecule has 3 nitrogen and oxygen atoms in total. The van der Waals surface area contributed by atoms with E-state index in [9.17, 15) is 0 Å². The van der Waals surface area contributed by atoms with Crippen molar-refractivity contribution in [3.8, 4) is 5.75 Å². The molecule has 0 bridgehead atoms. The zero-order valence-electron chi connectivity index (χ0n) is 12.4. The van der Waals surface area contributed by atoms with Gasteiger partial charge in [-0.3, -0.25) is 4.98 Å². The van der Waals surface area contributed by atoms with Crippen molar-refractivity contribution in [2.75, 3.05) is 6.61 Å². The molecule has 3 heteroatoms. The van der Waals surface area contributed by atoms with E-state index >= 15 is 0 Å². The third-order valence-electron chi connectivity index (χ3n) is 3.56. The van der Waals surface area contributed by atoms with Crippen LogP contribution in [0.15, 0.2) is 18.3 Å². The molecule has 106 valence electrons. The molecule has 1 N–H and O–H groups in total. The molecule has 0 spiro atoms. The van der Waals surface area contributed by atoms with Crippen LogP contribution in [0.25, 0.3) is 0 Å². The molecule has 0 amide bonds. The molecule has 0 saturated heterocycles. The number of aromatic nitrogens is 1. The maximum atomic E-state index is 5.81. The second-order valence-electron chi connectivity index (χ2n) is 6.55. The molecule has 1 heterocycles. The van der Waals surface area contributed by atoms with Crippen molar-refractivity contribution in [1.82, 2.24) is 10.3 Å². The minimum absolute atomic E-state index is 0.124. The van der Waals surface area contributed by atoms with Gasteiger partial charge in [-0.2, -0.15) is 0 Å². The van der Waals surface area contributed by atoms with Crippen molar-refractivity contribution < 1.29 is 4.74 Å². The Labute approximate surface area is 116 Å². The summed E-state index contributed by atoms with van der Waals surface area (Å²) in [5.41, 5.74) is 1.18. The van der Waals surface area contributed by atoms with Crippen molar-refractivity contribution in [3.63, 3.8) is 0 Å². The van der Waals surface area contributed by atoms with Gasteiger partial charge in [-0.25, -0.2) is 0 Å². The van der Waals surface area contributed by atoms with E-state index in [2.05, 4.69) is 31.1 Å². The Morgan fingerprint density at radius 3 is 2.58 bits per heavy atom. The van der Waals surface area contributed by atoms with Gasteiger partial charge in [0.25, 0.3) is 0 Å². The predicted molar refractivity (Wildman–Crippen MR) is 78.3 cm³/mol. The van der Waals surface area contributed by atoms with Gasteiger partial charge in [0.15, 0.2) is 0 Å². The Morgan fingerprint density at radius 2 is 2.00 bits per heavy atom. The van der Waals surface area contributed by atoms with Crippen LogP contribution in [0.3, 0.4) is 0 Å². The number of rotatable bonds is 5. The van der Waals surface area contributed by atoms with Crippen LogP contribution in [-0.4, -0.2) is 17.1 Å². The molecule has 1 aromatic heterocycles. The van der Waals surface area contributed by atoms with Crippen LogP contribution in [0.2, 0.25) is 0 Å². The quantitative estimate of drug-likeness (QED) is 0.881. The summed E-state index contributed by atoms with van der Waals surface area (Å²) in [5, 5.41) is 3.43. The molecule has 1 aliphatic rings. The molecule has 0 aromatic carbocycles. The van der Waals surface area contributed by atoms with Crippen molar-refractivity contribution in [2.24, 2.45) is 5.92 Å². The van der Waals surface area contributed by atoms with Crippen LogP contribution in [0.4, 0.5) is 0 Å². The number of nitrogens with one attached hydrogen (secondary N) is 1. The number of hydrogen-bond donors (Lipinski definition) is 1. The molecule has 1 saturated carbocycles. The second kappa shape index (κ2) is 6.38. The van der Waals surface area contributed by atoms with Gasteiger partial charge in [-0.1, -0.05) is 12.8 Å². The third kappa shape index (κ3) is 5.19. The largest absolute Gasteiger partial charge is 0.492 e. The van der Waals surface area contributed by atoms with Crippen LogP contribution in [0, 0.1) is 5.92 Å². The van der Waals surface area contributed by atoms with Gasteiger partial charge in [-0.05, 0) is 51.7 Å². The van der Waals surface area contributed by atoms with Crippen molar-refractivity contribution >= 4 is 0 Å². The number of pyridine rings is 1. The SMILES string of the molecule is CC(C)(C)NCc1ccc(OCC2CCCC2)cn1. The monoisotopic (exact) mass is 262 g/mol. The van der Waals surface area contributed by atoms with Crippen LogP contribution in [0.5, 0.6) is 5.75 Å². The molecule has 1 fully saturated rings. The summed E-state index contributed by atoms with van der Waals surface area (Å²) < 4.78 is 5.81. The summed E-state index contributed by atoms with van der Waals surface area (Å²) in [6.45, 7) is 8.12. The standard InChI is InChI=1S/C16H26N2O/c1-16(2,3)18-10-14-8-9-15(11-17-14)19-12-13-6-4-5-7-13/h8-9,11,13,18H,4-7,10,12H2,1-3H3. The van der Waals surface area contributed by atoms with Gasteiger partial charge in [0.1, 0.15) is 5.75 Å². The smallest absolute Gasteiger partial charge is 0.137 e. The number of ether oxygens (including phenoxy) is 1. The predicted octanol–water partition coefficient (Wildman–Crippen LogP) is 3.54. The highest BCUT2D eigenvalue weighted by molar-refractivity contribution is 5.19. The normalized spacial score (nSPS) is 16.8. The van der Waals surface area contributed by atoms with Gasteiger partial charge in [0.05, 0.1) is 18.5 Å². The molecule has 0 aliphatic heterocycles. The van der Waals surface area contributed by atoms with Gasteiger partial charge in [0.2, 0.25) is 0 Å². The highest BCUT2D eigenvalue weighted by atomic mass is 16.5. The summed E-state index contributed by atoms with van der Waals surface area (Å²) in [6.07, 6.45) is 7.21. The van der Waals surface area contributed by atoms with Crippen LogP contribution in [-0.2, 0) is 6.54 Å². The maximum absolute atomic E-state index is 5.81. The van der Waals surface area contributed by atoms with Gasteiger partial charge < -0.3 is 10.1 Å². The van der Waals surface area contributed by atoms with E-state index in [1.807, 2.05) is 18.3 Å². The van der Waals surface area contributed by atoms with Crippen LogP contribution in [0.1, 0.15) is 52.1 Å². The summed E-state index contributed by atoms with van der Waals surface area (Å²) in [5.74, 6) is 1.65. The molecule has 19 heavy (non-hydrogen) atoms. The highest BCUT2D eigenvalue weighted by Crippen LogP contribution is 2.25. The van der Waals surface area contributed by atoms with Crippen molar-refractivity contribution in [2.45, 2.75) is 58.5 Å². The topological polar surface area (TPSA) is 34.1 Å². The van der Waals surface area contributed by atoms with Gasteiger partial charge in [0, 0.05) is 12.1 Å². The molecule has 2 rings (SSSR count). The summed E-state index contributed by atoms with van der Waals surface area (Å²) >= 11 is 0. The highest BCUT2D eigenvalue weighted by Gasteiger charge is 2.15. The first-order chi connectivity index (χ1) is 9.03. The van der Waals surface area contributed by atoms with E-state index in [4.69, 9.17) is 4.74 Å². The summed E-state index contributed by atoms with van der Waals surface area (Å²) in [7, 11) is 0. The molecular formula is C16H26N2O. The van der Waals surface area contributed by atoms with E-state index < -0.39 is 0 Å². The molecule has 1 aliphatic carbocycles. The first-order valence-electron chi connectivity index (χ1n) is 7.36. The Balaban J connectivity index is 1.77. The lowest BCUT2D eigenvalue weighted by atomic mass is 10.1. The average Bonchev–Trinajstić information content (AvgIpc) is 2.87. The van der Waals surface area contributed by atoms with Crippen LogP contribution >= 0.6 is 0 Å². The first kappa shape index (κ1) is 14.3. The number of nitrogens with zero attached hydrogens (tertiary/aromatic N) is 1. The van der Waals surface area contributed by atoms with E-state index in [1.165, 1.54) is 25.7 Å². The van der Waals surface area contributed by atoms with E-state index in [-0.39, 0.29) is 5.54 Å². The fourth-order valence-electron chi connectivity index (χ4n) is 2.35. The van der Waals surface area contributed by atoms with Gasteiger partial charge in [-0.15, -0.1) is 0 Å². The van der Waals surface area contributed by atoms with Crippen molar-refractivity contribution in [3.05, 3.63) is 24.0 Å². The lowest BCUT2D eigenvalue weighted by Gasteiger charge is -2.20. The minimum Gasteiger partial charge on any atom is -0.492 e. The lowest BCUT2D eigenvalue weighted by Crippen LogP contribution is -2.35. The molecule has 0 atom stereocenters. The maximum Gasteiger partial charge on any atom is 0.137 e. The second-order valence-corrected chi connectivity index (χ2v) is 6.55. The molecular weight excluding hydrogens is 236 g/mol.